The Kier molecular flexibility index (Phi) is 5.26. The van der Waals surface area contributed by atoms with Gasteiger partial charge in [0.15, 0.2) is 0 Å². The number of nitrogens with zero attached hydrogens (tertiary/aromatic N) is 4. The number of carbonyl (C=O) groups is 1. The Morgan fingerprint density at radius 3 is 2.73 bits per heavy atom. The van der Waals surface area contributed by atoms with Gasteiger partial charge >= 0.3 is 12.1 Å². The van der Waals surface area contributed by atoms with Gasteiger partial charge in [-0.1, -0.05) is 6.07 Å². The van der Waals surface area contributed by atoms with Crippen LogP contribution < -0.4 is 0 Å². The average molecular weight is 368 g/mol. The van der Waals surface area contributed by atoms with Crippen LogP contribution in [0.25, 0.3) is 0 Å². The fourth-order valence-corrected chi connectivity index (χ4v) is 3.02. The average Bonchev–Trinajstić information content (AvgIpc) is 2.85. The summed E-state index contributed by atoms with van der Waals surface area (Å²) in [5, 5.41) is 13.2. The highest BCUT2D eigenvalue weighted by atomic mass is 19.4. The van der Waals surface area contributed by atoms with Gasteiger partial charge in [-0.15, -0.1) is 0 Å². The Hall–Kier alpha value is -2.42. The van der Waals surface area contributed by atoms with Gasteiger partial charge in [0.05, 0.1) is 17.8 Å². The van der Waals surface area contributed by atoms with Crippen molar-refractivity contribution in [2.75, 3.05) is 6.54 Å². The number of pyridine rings is 1. The first-order valence-corrected chi connectivity index (χ1v) is 8.33. The van der Waals surface area contributed by atoms with Crippen molar-refractivity contribution in [2.45, 2.75) is 45.1 Å². The fourth-order valence-electron chi connectivity index (χ4n) is 3.02. The first-order valence-electron chi connectivity index (χ1n) is 8.33. The predicted molar refractivity (Wildman–Crippen MR) is 86.2 cm³/mol. The lowest BCUT2D eigenvalue weighted by Gasteiger charge is -2.19. The summed E-state index contributed by atoms with van der Waals surface area (Å²) in [7, 11) is 0. The molecule has 0 fully saturated rings. The number of hydrogen-bond acceptors (Lipinski definition) is 4. The molecule has 0 bridgehead atoms. The summed E-state index contributed by atoms with van der Waals surface area (Å²) in [6, 6.07) is 4.37. The molecule has 0 radical (unpaired) electrons. The van der Waals surface area contributed by atoms with E-state index >= 15 is 0 Å². The SMILES string of the molecule is O=C(O)CCc1cc2n(n1)CCCN(Cc1ccc(C(F)(F)F)nc1)C2. The van der Waals surface area contributed by atoms with Crippen molar-refractivity contribution >= 4 is 5.97 Å². The normalized spacial score (nSPS) is 15.5. The van der Waals surface area contributed by atoms with Crippen molar-refractivity contribution in [3.63, 3.8) is 0 Å². The summed E-state index contributed by atoms with van der Waals surface area (Å²) in [5.74, 6) is -0.857. The molecule has 9 heteroatoms. The number of aliphatic carboxylic acids is 1. The number of aryl methyl sites for hydroxylation is 2. The van der Waals surface area contributed by atoms with Crippen LogP contribution in [0, 0.1) is 0 Å². The van der Waals surface area contributed by atoms with Gasteiger partial charge in [-0.2, -0.15) is 18.3 Å². The van der Waals surface area contributed by atoms with Gasteiger partial charge < -0.3 is 5.11 Å². The minimum absolute atomic E-state index is 0.0391. The smallest absolute Gasteiger partial charge is 0.433 e. The first-order chi connectivity index (χ1) is 12.3. The van der Waals surface area contributed by atoms with Crippen LogP contribution in [0.2, 0.25) is 0 Å². The zero-order valence-electron chi connectivity index (χ0n) is 14.0. The summed E-state index contributed by atoms with van der Waals surface area (Å²) in [6.45, 7) is 2.65. The van der Waals surface area contributed by atoms with E-state index < -0.39 is 17.8 Å². The van der Waals surface area contributed by atoms with Crippen molar-refractivity contribution in [1.29, 1.82) is 0 Å². The predicted octanol–water partition coefficient (Wildman–Crippen LogP) is 2.72. The van der Waals surface area contributed by atoms with E-state index in [0.29, 0.717) is 19.5 Å². The molecule has 3 rings (SSSR count). The molecule has 0 amide bonds. The molecule has 0 atom stereocenters. The molecular formula is C17H19F3N4O2. The number of hydrogen-bond donors (Lipinski definition) is 1. The number of fused-ring (bicyclic) bond motifs is 1. The second kappa shape index (κ2) is 7.45. The van der Waals surface area contributed by atoms with E-state index in [-0.39, 0.29) is 6.42 Å². The van der Waals surface area contributed by atoms with Gasteiger partial charge in [-0.3, -0.25) is 19.4 Å². The maximum atomic E-state index is 12.6. The summed E-state index contributed by atoms with van der Waals surface area (Å²) < 4.78 is 39.7. The number of rotatable bonds is 5. The third kappa shape index (κ3) is 4.60. The minimum Gasteiger partial charge on any atom is -0.481 e. The Balaban J connectivity index is 1.66. The standard InChI is InChI=1S/C17H19F3N4O2/c18-17(19,20)15-4-2-12(9-21-15)10-23-6-1-7-24-14(11-23)8-13(22-24)3-5-16(25)26/h2,4,8-9H,1,3,5-7,10-11H2,(H,25,26). The highest BCUT2D eigenvalue weighted by molar-refractivity contribution is 5.66. The van der Waals surface area contributed by atoms with Crippen molar-refractivity contribution in [3.8, 4) is 0 Å². The van der Waals surface area contributed by atoms with E-state index in [1.807, 2.05) is 10.7 Å². The third-order valence-electron chi connectivity index (χ3n) is 4.26. The molecule has 1 aliphatic heterocycles. The molecule has 0 saturated heterocycles. The van der Waals surface area contributed by atoms with Gasteiger partial charge in [-0.25, -0.2) is 0 Å². The van der Waals surface area contributed by atoms with Crippen molar-refractivity contribution in [3.05, 3.63) is 47.0 Å². The minimum atomic E-state index is -4.43. The Bertz CT molecular complexity index is 771. The fraction of sp³-hybridized carbons (Fsp3) is 0.471. The van der Waals surface area contributed by atoms with Gasteiger partial charge in [0.1, 0.15) is 5.69 Å². The first kappa shape index (κ1) is 18.4. The third-order valence-corrected chi connectivity index (χ3v) is 4.26. The number of carboxylic acid groups (broad SMARTS) is 1. The van der Waals surface area contributed by atoms with E-state index in [2.05, 4.69) is 15.0 Å². The molecule has 1 aliphatic rings. The highest BCUT2D eigenvalue weighted by Gasteiger charge is 2.32. The molecule has 140 valence electrons. The molecule has 0 aliphatic carbocycles. The van der Waals surface area contributed by atoms with Crippen LogP contribution in [-0.2, 0) is 37.0 Å². The number of aromatic nitrogens is 3. The highest BCUT2D eigenvalue weighted by Crippen LogP contribution is 2.27. The van der Waals surface area contributed by atoms with Crippen molar-refractivity contribution < 1.29 is 23.1 Å². The van der Waals surface area contributed by atoms with Crippen molar-refractivity contribution in [2.24, 2.45) is 0 Å². The zero-order valence-corrected chi connectivity index (χ0v) is 14.0. The Labute approximate surface area is 148 Å². The molecule has 3 heterocycles. The van der Waals surface area contributed by atoms with Crippen LogP contribution in [0.15, 0.2) is 24.4 Å². The van der Waals surface area contributed by atoms with Crippen LogP contribution in [0.4, 0.5) is 13.2 Å². The quantitative estimate of drug-likeness (QED) is 0.879. The van der Waals surface area contributed by atoms with E-state index in [0.717, 1.165) is 42.5 Å². The zero-order chi connectivity index (χ0) is 18.7. The lowest BCUT2D eigenvalue weighted by Crippen LogP contribution is -2.23. The maximum Gasteiger partial charge on any atom is 0.433 e. The molecule has 0 saturated carbocycles. The number of halogens is 3. The molecule has 6 nitrogen and oxygen atoms in total. The van der Waals surface area contributed by atoms with E-state index in [4.69, 9.17) is 5.11 Å². The molecule has 0 unspecified atom stereocenters. The van der Waals surface area contributed by atoms with Crippen LogP contribution in [0.3, 0.4) is 0 Å². The van der Waals surface area contributed by atoms with E-state index in [1.54, 1.807) is 0 Å². The van der Waals surface area contributed by atoms with Crippen molar-refractivity contribution in [1.82, 2.24) is 19.7 Å². The molecule has 2 aromatic heterocycles. The van der Waals surface area contributed by atoms with Crippen LogP contribution in [-0.4, -0.2) is 37.3 Å². The lowest BCUT2D eigenvalue weighted by molar-refractivity contribution is -0.141. The summed E-state index contributed by atoms with van der Waals surface area (Å²) in [6.07, 6.45) is -1.88. The van der Waals surface area contributed by atoms with Crippen LogP contribution >= 0.6 is 0 Å². The van der Waals surface area contributed by atoms with Crippen LogP contribution in [0.5, 0.6) is 0 Å². The second-order valence-corrected chi connectivity index (χ2v) is 6.36. The van der Waals surface area contributed by atoms with Gasteiger partial charge in [-0.05, 0) is 24.1 Å². The number of alkyl halides is 3. The second-order valence-electron chi connectivity index (χ2n) is 6.36. The molecule has 26 heavy (non-hydrogen) atoms. The maximum absolute atomic E-state index is 12.6. The molecule has 0 spiro atoms. The van der Waals surface area contributed by atoms with E-state index in [1.165, 1.54) is 12.3 Å². The molecular weight excluding hydrogens is 349 g/mol. The molecule has 1 N–H and O–H groups in total. The van der Waals surface area contributed by atoms with Gasteiger partial charge in [0.2, 0.25) is 0 Å². The van der Waals surface area contributed by atoms with Crippen LogP contribution in [0.1, 0.15) is 35.5 Å². The molecule has 2 aromatic rings. The number of carboxylic acids is 1. The van der Waals surface area contributed by atoms with Gasteiger partial charge in [0.25, 0.3) is 0 Å². The Morgan fingerprint density at radius 2 is 2.08 bits per heavy atom. The monoisotopic (exact) mass is 368 g/mol. The summed E-state index contributed by atoms with van der Waals surface area (Å²) in [4.78, 5) is 16.3. The topological polar surface area (TPSA) is 71.2 Å². The summed E-state index contributed by atoms with van der Waals surface area (Å²) in [5.41, 5.74) is 1.57. The largest absolute Gasteiger partial charge is 0.481 e. The lowest BCUT2D eigenvalue weighted by atomic mass is 10.2. The van der Waals surface area contributed by atoms with Gasteiger partial charge in [0, 0.05) is 38.8 Å². The molecule has 0 aromatic carbocycles. The van der Waals surface area contributed by atoms with E-state index in [9.17, 15) is 18.0 Å². The summed E-state index contributed by atoms with van der Waals surface area (Å²) >= 11 is 0. The Morgan fingerprint density at radius 1 is 1.27 bits per heavy atom.